The molecule has 4 rings (SSSR count). The third-order valence-electron chi connectivity index (χ3n) is 4.77. The molecule has 0 radical (unpaired) electrons. The average molecular weight is 346 g/mol. The lowest BCUT2D eigenvalue weighted by Crippen LogP contribution is -2.12. The highest BCUT2D eigenvalue weighted by Crippen LogP contribution is 2.43. The van der Waals surface area contributed by atoms with Crippen LogP contribution in [0.2, 0.25) is 0 Å². The van der Waals surface area contributed by atoms with Gasteiger partial charge in [-0.2, -0.15) is 0 Å². The number of hydrogen-bond acceptors (Lipinski definition) is 2. The summed E-state index contributed by atoms with van der Waals surface area (Å²) in [5.74, 6) is 1.03. The third kappa shape index (κ3) is 3.24. The second-order valence-electron chi connectivity index (χ2n) is 6.82. The molecule has 0 bridgehead atoms. The zero-order chi connectivity index (χ0) is 17.2. The van der Waals surface area contributed by atoms with E-state index in [1.807, 2.05) is 11.8 Å². The van der Waals surface area contributed by atoms with E-state index in [-0.39, 0.29) is 0 Å². The summed E-state index contributed by atoms with van der Waals surface area (Å²) >= 11 is 1.97. The minimum Gasteiger partial charge on any atom is -0.309 e. The fourth-order valence-electron chi connectivity index (χ4n) is 3.50. The number of nitrogens with zero attached hydrogens (tertiary/aromatic N) is 1. The highest BCUT2D eigenvalue weighted by Gasteiger charge is 2.19. The average Bonchev–Trinajstić information content (AvgIpc) is 2.79. The third-order valence-corrected chi connectivity index (χ3v) is 5.96. The van der Waals surface area contributed by atoms with E-state index in [2.05, 4.69) is 85.7 Å². The van der Waals surface area contributed by atoms with Crippen LogP contribution in [-0.2, 0) is 5.75 Å². The minimum atomic E-state index is 1.03. The Bertz CT molecular complexity index is 940. The van der Waals surface area contributed by atoms with E-state index in [9.17, 15) is 0 Å². The molecule has 0 spiro atoms. The summed E-state index contributed by atoms with van der Waals surface area (Å²) in [6.07, 6.45) is 3.49. The lowest BCUT2D eigenvalue weighted by molar-refractivity contribution is 0.417. The van der Waals surface area contributed by atoms with Gasteiger partial charge >= 0.3 is 0 Å². The molecular weight excluding hydrogens is 322 g/mol. The first-order chi connectivity index (χ1) is 12.2. The predicted octanol–water partition coefficient (Wildman–Crippen LogP) is 5.83. The SMILES string of the molecule is CN(C)CC/C=C1/c2ccccc2CSc2c1ccc1ccccc21. The molecule has 1 aliphatic heterocycles. The van der Waals surface area contributed by atoms with Crippen molar-refractivity contribution in [2.24, 2.45) is 0 Å². The molecule has 126 valence electrons. The van der Waals surface area contributed by atoms with Gasteiger partial charge in [-0.15, -0.1) is 11.8 Å². The molecular formula is C23H23NS. The van der Waals surface area contributed by atoms with Crippen molar-refractivity contribution in [3.05, 3.63) is 83.4 Å². The molecule has 3 aromatic rings. The first-order valence-corrected chi connectivity index (χ1v) is 9.80. The van der Waals surface area contributed by atoms with Crippen LogP contribution in [0.5, 0.6) is 0 Å². The standard InChI is InChI=1S/C23H23NS/c1-24(2)15-7-12-21-19-10-5-4-9-18(19)16-25-23-20-11-6-3-8-17(20)13-14-22(21)23/h3-6,8-14H,7,15-16H2,1-2H3/b21-12-. The molecule has 1 nitrogen and oxygen atoms in total. The van der Waals surface area contributed by atoms with Crippen LogP contribution in [0.4, 0.5) is 0 Å². The van der Waals surface area contributed by atoms with Crippen molar-refractivity contribution in [2.75, 3.05) is 20.6 Å². The Morgan fingerprint density at radius 2 is 1.72 bits per heavy atom. The Labute approximate surface area is 154 Å². The van der Waals surface area contributed by atoms with Crippen LogP contribution in [0.1, 0.15) is 23.1 Å². The van der Waals surface area contributed by atoms with Gasteiger partial charge in [0.15, 0.2) is 0 Å². The van der Waals surface area contributed by atoms with Crippen molar-refractivity contribution in [1.82, 2.24) is 4.90 Å². The first kappa shape index (κ1) is 16.4. The molecule has 0 fully saturated rings. The Morgan fingerprint density at radius 3 is 2.60 bits per heavy atom. The van der Waals surface area contributed by atoms with E-state index in [1.165, 1.54) is 37.9 Å². The lowest BCUT2D eigenvalue weighted by atomic mass is 9.92. The Balaban J connectivity index is 1.90. The minimum absolute atomic E-state index is 1.03. The quantitative estimate of drug-likeness (QED) is 0.587. The van der Waals surface area contributed by atoms with Crippen LogP contribution < -0.4 is 0 Å². The zero-order valence-corrected chi connectivity index (χ0v) is 15.6. The highest BCUT2D eigenvalue weighted by molar-refractivity contribution is 7.98. The summed E-state index contributed by atoms with van der Waals surface area (Å²) in [7, 11) is 4.27. The number of fused-ring (bicyclic) bond motifs is 4. The summed E-state index contributed by atoms with van der Waals surface area (Å²) in [6, 6.07) is 22.2. The Hall–Kier alpha value is -2.03. The van der Waals surface area contributed by atoms with E-state index >= 15 is 0 Å². The van der Waals surface area contributed by atoms with Gasteiger partial charge in [0.1, 0.15) is 0 Å². The fourth-order valence-corrected chi connectivity index (χ4v) is 4.73. The molecule has 1 aliphatic rings. The molecule has 25 heavy (non-hydrogen) atoms. The van der Waals surface area contributed by atoms with Gasteiger partial charge in [-0.25, -0.2) is 0 Å². The predicted molar refractivity (Wildman–Crippen MR) is 110 cm³/mol. The molecule has 1 heterocycles. The van der Waals surface area contributed by atoms with Gasteiger partial charge < -0.3 is 4.90 Å². The van der Waals surface area contributed by atoms with Crippen molar-refractivity contribution < 1.29 is 0 Å². The molecule has 0 N–H and O–H groups in total. The van der Waals surface area contributed by atoms with Gasteiger partial charge in [-0.1, -0.05) is 66.7 Å². The molecule has 0 aromatic heterocycles. The summed E-state index contributed by atoms with van der Waals surface area (Å²) < 4.78 is 0. The highest BCUT2D eigenvalue weighted by atomic mass is 32.2. The van der Waals surface area contributed by atoms with Crippen LogP contribution in [0.25, 0.3) is 16.3 Å². The van der Waals surface area contributed by atoms with Gasteiger partial charge in [0, 0.05) is 17.2 Å². The van der Waals surface area contributed by atoms with Crippen molar-refractivity contribution >= 4 is 28.1 Å². The van der Waals surface area contributed by atoms with Gasteiger partial charge in [0.2, 0.25) is 0 Å². The van der Waals surface area contributed by atoms with Crippen molar-refractivity contribution in [3.63, 3.8) is 0 Å². The maximum Gasteiger partial charge on any atom is 0.0238 e. The van der Waals surface area contributed by atoms with Crippen LogP contribution in [0.15, 0.2) is 71.6 Å². The molecule has 0 atom stereocenters. The lowest BCUT2D eigenvalue weighted by Gasteiger charge is -2.14. The number of benzene rings is 3. The second-order valence-corrected chi connectivity index (χ2v) is 7.80. The number of rotatable bonds is 3. The molecule has 0 saturated heterocycles. The second kappa shape index (κ2) is 7.07. The maximum absolute atomic E-state index is 2.43. The van der Waals surface area contributed by atoms with Crippen LogP contribution >= 0.6 is 11.8 Å². The van der Waals surface area contributed by atoms with E-state index in [1.54, 1.807) is 0 Å². The van der Waals surface area contributed by atoms with E-state index < -0.39 is 0 Å². The number of hydrogen-bond donors (Lipinski definition) is 0. The summed E-state index contributed by atoms with van der Waals surface area (Å²) in [5.41, 5.74) is 5.60. The molecule has 0 unspecified atom stereocenters. The van der Waals surface area contributed by atoms with E-state index in [0.717, 1.165) is 18.7 Å². The molecule has 0 amide bonds. The first-order valence-electron chi connectivity index (χ1n) is 8.82. The summed E-state index contributed by atoms with van der Waals surface area (Å²) in [4.78, 5) is 3.67. The monoisotopic (exact) mass is 345 g/mol. The van der Waals surface area contributed by atoms with E-state index in [4.69, 9.17) is 0 Å². The fraction of sp³-hybridized carbons (Fsp3) is 0.217. The van der Waals surface area contributed by atoms with Crippen molar-refractivity contribution in [1.29, 1.82) is 0 Å². The topological polar surface area (TPSA) is 3.24 Å². The maximum atomic E-state index is 2.43. The molecule has 2 heteroatoms. The molecule has 0 saturated carbocycles. The number of thioether (sulfide) groups is 1. The summed E-state index contributed by atoms with van der Waals surface area (Å²) in [5, 5.41) is 2.70. The van der Waals surface area contributed by atoms with Crippen LogP contribution in [0.3, 0.4) is 0 Å². The normalized spacial score (nSPS) is 15.2. The van der Waals surface area contributed by atoms with Crippen LogP contribution in [0, 0.1) is 0 Å². The van der Waals surface area contributed by atoms with Gasteiger partial charge in [-0.05, 0) is 53.6 Å². The van der Waals surface area contributed by atoms with Gasteiger partial charge in [0.25, 0.3) is 0 Å². The molecule has 3 aromatic carbocycles. The van der Waals surface area contributed by atoms with Gasteiger partial charge in [-0.3, -0.25) is 0 Å². The Morgan fingerprint density at radius 1 is 0.920 bits per heavy atom. The molecule has 0 aliphatic carbocycles. The largest absolute Gasteiger partial charge is 0.309 e. The summed E-state index contributed by atoms with van der Waals surface area (Å²) in [6.45, 7) is 1.07. The zero-order valence-electron chi connectivity index (χ0n) is 14.8. The van der Waals surface area contributed by atoms with E-state index in [0.29, 0.717) is 0 Å². The van der Waals surface area contributed by atoms with Crippen LogP contribution in [-0.4, -0.2) is 25.5 Å². The Kier molecular flexibility index (Phi) is 4.65. The van der Waals surface area contributed by atoms with Crippen molar-refractivity contribution in [2.45, 2.75) is 17.1 Å². The smallest absolute Gasteiger partial charge is 0.0238 e. The van der Waals surface area contributed by atoms with Crippen molar-refractivity contribution in [3.8, 4) is 0 Å². The van der Waals surface area contributed by atoms with Gasteiger partial charge in [0.05, 0.1) is 0 Å².